The molecule has 0 N–H and O–H groups in total. The smallest absolute Gasteiger partial charge is 0.106 e. The first kappa shape index (κ1) is 8.90. The molecule has 0 atom stereocenters. The molecule has 4 heteroatoms. The van der Waals surface area contributed by atoms with E-state index < -0.39 is 0 Å². The average molecular weight is 167 g/mol. The zero-order valence-electron chi connectivity index (χ0n) is 7.61. The van der Waals surface area contributed by atoms with Gasteiger partial charge in [0.25, 0.3) is 0 Å². The molecule has 0 spiro atoms. The number of imidazole rings is 1. The van der Waals surface area contributed by atoms with Gasteiger partial charge in [-0.25, -0.2) is 4.98 Å². The SMILES string of the molecule is Cc1nccn1C(C)(C)CN=O. The molecule has 1 rings (SSSR count). The predicted molar refractivity (Wildman–Crippen MR) is 46.9 cm³/mol. The van der Waals surface area contributed by atoms with E-state index in [9.17, 15) is 4.91 Å². The van der Waals surface area contributed by atoms with Crippen LogP contribution in [0, 0.1) is 11.8 Å². The fraction of sp³-hybridized carbons (Fsp3) is 0.625. The zero-order chi connectivity index (χ0) is 9.19. The first-order valence-corrected chi connectivity index (χ1v) is 3.87. The van der Waals surface area contributed by atoms with Crippen molar-refractivity contribution in [2.24, 2.45) is 5.18 Å². The minimum Gasteiger partial charge on any atom is -0.328 e. The van der Waals surface area contributed by atoms with Crippen molar-refractivity contribution >= 4 is 0 Å². The van der Waals surface area contributed by atoms with Gasteiger partial charge in [-0.3, -0.25) is 0 Å². The van der Waals surface area contributed by atoms with E-state index in [1.807, 2.05) is 31.5 Å². The summed E-state index contributed by atoms with van der Waals surface area (Å²) in [5, 5.41) is 2.91. The van der Waals surface area contributed by atoms with Crippen LogP contribution in [0.1, 0.15) is 19.7 Å². The summed E-state index contributed by atoms with van der Waals surface area (Å²) in [6.45, 7) is 6.10. The van der Waals surface area contributed by atoms with Crippen molar-refractivity contribution in [3.8, 4) is 0 Å². The lowest BCUT2D eigenvalue weighted by atomic mass is 10.1. The molecule has 0 saturated heterocycles. The van der Waals surface area contributed by atoms with Crippen molar-refractivity contribution < 1.29 is 0 Å². The number of aromatic nitrogens is 2. The van der Waals surface area contributed by atoms with E-state index in [4.69, 9.17) is 0 Å². The second-order valence-corrected chi connectivity index (χ2v) is 3.44. The molecule has 12 heavy (non-hydrogen) atoms. The Balaban J connectivity index is 2.96. The fourth-order valence-corrected chi connectivity index (χ4v) is 1.25. The number of hydrogen-bond donors (Lipinski definition) is 0. The van der Waals surface area contributed by atoms with E-state index in [0.29, 0.717) is 0 Å². The van der Waals surface area contributed by atoms with E-state index in [1.54, 1.807) is 6.20 Å². The van der Waals surface area contributed by atoms with Gasteiger partial charge in [0, 0.05) is 12.4 Å². The van der Waals surface area contributed by atoms with E-state index in [-0.39, 0.29) is 12.1 Å². The molecule has 0 aliphatic carbocycles. The normalized spacial score (nSPS) is 11.6. The Hall–Kier alpha value is -1.19. The van der Waals surface area contributed by atoms with E-state index in [1.165, 1.54) is 0 Å². The molecule has 0 unspecified atom stereocenters. The van der Waals surface area contributed by atoms with E-state index in [2.05, 4.69) is 10.2 Å². The number of nitroso groups, excluding NO2 is 1. The molecule has 0 fully saturated rings. The Morgan fingerprint density at radius 1 is 1.67 bits per heavy atom. The van der Waals surface area contributed by atoms with Crippen LogP contribution in [-0.2, 0) is 5.54 Å². The Kier molecular flexibility index (Phi) is 2.26. The fourth-order valence-electron chi connectivity index (χ4n) is 1.25. The third-order valence-corrected chi connectivity index (χ3v) is 1.93. The Bertz CT molecular complexity index is 278. The average Bonchev–Trinajstić information content (AvgIpc) is 2.35. The lowest BCUT2D eigenvalue weighted by Gasteiger charge is -2.24. The highest BCUT2D eigenvalue weighted by Gasteiger charge is 2.21. The third kappa shape index (κ3) is 1.52. The van der Waals surface area contributed by atoms with Gasteiger partial charge < -0.3 is 4.57 Å². The van der Waals surface area contributed by atoms with Crippen LogP contribution in [-0.4, -0.2) is 16.1 Å². The quantitative estimate of drug-likeness (QED) is 0.643. The molecular weight excluding hydrogens is 154 g/mol. The highest BCUT2D eigenvalue weighted by atomic mass is 16.3. The number of aryl methyl sites for hydroxylation is 1. The topological polar surface area (TPSA) is 47.2 Å². The number of rotatable bonds is 3. The first-order chi connectivity index (χ1) is 5.58. The molecule has 1 aromatic rings. The molecule has 0 saturated carbocycles. The summed E-state index contributed by atoms with van der Waals surface area (Å²) in [6, 6.07) is 0. The second-order valence-electron chi connectivity index (χ2n) is 3.44. The molecule has 1 heterocycles. The molecular formula is C8H13N3O. The second kappa shape index (κ2) is 3.05. The summed E-state index contributed by atoms with van der Waals surface area (Å²) in [5.74, 6) is 0.906. The van der Waals surface area contributed by atoms with Gasteiger partial charge in [0.1, 0.15) is 12.4 Å². The molecule has 0 aliphatic rings. The van der Waals surface area contributed by atoms with Crippen LogP contribution in [0.3, 0.4) is 0 Å². The standard InChI is InChI=1S/C8H13N3O/c1-7-9-4-5-11(7)8(2,3)6-10-12/h4-5H,6H2,1-3H3. The lowest BCUT2D eigenvalue weighted by molar-refractivity contribution is 0.359. The Morgan fingerprint density at radius 2 is 2.33 bits per heavy atom. The third-order valence-electron chi connectivity index (χ3n) is 1.93. The van der Waals surface area contributed by atoms with Crippen LogP contribution in [0.15, 0.2) is 17.6 Å². The van der Waals surface area contributed by atoms with E-state index in [0.717, 1.165) is 5.82 Å². The summed E-state index contributed by atoms with van der Waals surface area (Å²) < 4.78 is 1.95. The molecule has 0 aromatic carbocycles. The summed E-state index contributed by atoms with van der Waals surface area (Å²) >= 11 is 0. The maximum Gasteiger partial charge on any atom is 0.106 e. The van der Waals surface area contributed by atoms with Crippen molar-refractivity contribution in [1.82, 2.24) is 9.55 Å². The maximum atomic E-state index is 10.1. The van der Waals surface area contributed by atoms with Gasteiger partial charge in [-0.15, -0.1) is 0 Å². The summed E-state index contributed by atoms with van der Waals surface area (Å²) in [4.78, 5) is 14.2. The Morgan fingerprint density at radius 3 is 2.75 bits per heavy atom. The minimum atomic E-state index is -0.262. The highest BCUT2D eigenvalue weighted by Crippen LogP contribution is 2.16. The summed E-state index contributed by atoms with van der Waals surface area (Å²) in [6.07, 6.45) is 3.59. The first-order valence-electron chi connectivity index (χ1n) is 3.87. The van der Waals surface area contributed by atoms with Gasteiger partial charge in [-0.2, -0.15) is 4.91 Å². The van der Waals surface area contributed by atoms with Gasteiger partial charge in [0.2, 0.25) is 0 Å². The summed E-state index contributed by atoms with van der Waals surface area (Å²) in [7, 11) is 0. The van der Waals surface area contributed by atoms with Gasteiger partial charge in [0.15, 0.2) is 0 Å². The van der Waals surface area contributed by atoms with Crippen LogP contribution in [0.4, 0.5) is 0 Å². The minimum absolute atomic E-state index is 0.262. The zero-order valence-corrected chi connectivity index (χ0v) is 7.61. The van der Waals surface area contributed by atoms with Crippen molar-refractivity contribution in [3.05, 3.63) is 23.1 Å². The van der Waals surface area contributed by atoms with Crippen molar-refractivity contribution in [3.63, 3.8) is 0 Å². The van der Waals surface area contributed by atoms with Gasteiger partial charge in [0.05, 0.1) is 5.54 Å². The molecule has 66 valence electrons. The molecule has 0 bridgehead atoms. The van der Waals surface area contributed by atoms with Gasteiger partial charge >= 0.3 is 0 Å². The van der Waals surface area contributed by atoms with Crippen molar-refractivity contribution in [2.75, 3.05) is 6.54 Å². The lowest BCUT2D eigenvalue weighted by Crippen LogP contribution is -2.29. The number of nitrogens with zero attached hydrogens (tertiary/aromatic N) is 3. The van der Waals surface area contributed by atoms with Gasteiger partial charge in [-0.05, 0) is 20.8 Å². The number of hydrogen-bond acceptors (Lipinski definition) is 3. The maximum absolute atomic E-state index is 10.1. The molecule has 0 amide bonds. The Labute approximate surface area is 71.6 Å². The predicted octanol–water partition coefficient (Wildman–Crippen LogP) is 1.69. The van der Waals surface area contributed by atoms with Crippen molar-refractivity contribution in [1.29, 1.82) is 0 Å². The van der Waals surface area contributed by atoms with Crippen molar-refractivity contribution in [2.45, 2.75) is 26.3 Å². The van der Waals surface area contributed by atoms with Crippen LogP contribution in [0.5, 0.6) is 0 Å². The molecule has 1 aromatic heterocycles. The van der Waals surface area contributed by atoms with Crippen LogP contribution < -0.4 is 0 Å². The largest absolute Gasteiger partial charge is 0.328 e. The monoisotopic (exact) mass is 167 g/mol. The van der Waals surface area contributed by atoms with E-state index >= 15 is 0 Å². The van der Waals surface area contributed by atoms with Crippen LogP contribution in [0.25, 0.3) is 0 Å². The molecule has 0 aliphatic heterocycles. The van der Waals surface area contributed by atoms with Gasteiger partial charge in [-0.1, -0.05) is 5.18 Å². The van der Waals surface area contributed by atoms with Crippen LogP contribution in [0.2, 0.25) is 0 Å². The molecule has 0 radical (unpaired) electrons. The summed E-state index contributed by atoms with van der Waals surface area (Å²) in [5.41, 5.74) is -0.262. The van der Waals surface area contributed by atoms with Crippen LogP contribution >= 0.6 is 0 Å². The highest BCUT2D eigenvalue weighted by molar-refractivity contribution is 4.96. The molecule has 4 nitrogen and oxygen atoms in total.